The normalized spacial score (nSPS) is 16.1. The van der Waals surface area contributed by atoms with E-state index in [9.17, 15) is 14.3 Å². The lowest BCUT2D eigenvalue weighted by molar-refractivity contribution is -0.0904. The maximum atomic E-state index is 14.1. The Morgan fingerprint density at radius 2 is 2.04 bits per heavy atom. The van der Waals surface area contributed by atoms with Crippen LogP contribution >= 0.6 is 33.9 Å². The minimum Gasteiger partial charge on any atom is -0.386 e. The van der Waals surface area contributed by atoms with Crippen molar-refractivity contribution in [3.8, 4) is 0 Å². The number of rotatable bonds is 5. The molecule has 27 heavy (non-hydrogen) atoms. The van der Waals surface area contributed by atoms with Gasteiger partial charge >= 0.3 is 0 Å². The summed E-state index contributed by atoms with van der Waals surface area (Å²) >= 11 is 3.45. The van der Waals surface area contributed by atoms with Gasteiger partial charge < -0.3 is 15.3 Å². The van der Waals surface area contributed by atoms with Crippen LogP contribution in [-0.2, 0) is 0 Å². The van der Waals surface area contributed by atoms with Crippen molar-refractivity contribution in [2.24, 2.45) is 5.41 Å². The molecule has 0 unspecified atom stereocenters. The van der Waals surface area contributed by atoms with E-state index in [0.717, 1.165) is 9.99 Å². The molecular formula is C20H24FIN2O2S. The largest absolute Gasteiger partial charge is 0.386 e. The molecule has 1 fully saturated rings. The van der Waals surface area contributed by atoms with Crippen LogP contribution in [0.15, 0.2) is 29.0 Å². The second kappa shape index (κ2) is 7.67. The Morgan fingerprint density at radius 1 is 1.33 bits per heavy atom. The molecule has 7 heteroatoms. The standard InChI is InChI=1S/C20H24FIN2O2S/c1-19(2,3)6-7-20(26)11-24(12-20)18(25)14-9-27-10-17(14)23-16-5-4-13(22)8-15(16)21/h4-5,8-10,23,26H,6-7,11-12H2,1-3H3. The molecule has 1 aromatic heterocycles. The Hall–Kier alpha value is -1.19. The van der Waals surface area contributed by atoms with Crippen molar-refractivity contribution in [3.05, 3.63) is 43.9 Å². The SMILES string of the molecule is CC(C)(C)CCC1(O)CN(C(=O)c2cscc2Nc2ccc(I)cc2F)C1. The molecule has 1 saturated heterocycles. The summed E-state index contributed by atoms with van der Waals surface area (Å²) in [6.07, 6.45) is 1.59. The molecule has 0 aliphatic carbocycles. The van der Waals surface area contributed by atoms with Crippen molar-refractivity contribution >= 4 is 51.2 Å². The minimum atomic E-state index is -0.797. The second-order valence-electron chi connectivity index (χ2n) is 8.39. The first-order valence-corrected chi connectivity index (χ1v) is 10.9. The summed E-state index contributed by atoms with van der Waals surface area (Å²) in [5, 5.41) is 17.2. The predicted molar refractivity (Wildman–Crippen MR) is 116 cm³/mol. The number of amides is 1. The Bertz CT molecular complexity index is 841. The van der Waals surface area contributed by atoms with Crippen LogP contribution in [0.4, 0.5) is 15.8 Å². The molecular weight excluding hydrogens is 478 g/mol. The number of thiophene rings is 1. The third kappa shape index (κ3) is 5.00. The van der Waals surface area contributed by atoms with Gasteiger partial charge in [0.05, 0.1) is 35.6 Å². The van der Waals surface area contributed by atoms with Gasteiger partial charge in [-0.05, 0) is 59.0 Å². The summed E-state index contributed by atoms with van der Waals surface area (Å²) in [5.41, 5.74) is 0.802. The molecule has 146 valence electrons. The molecule has 1 amide bonds. The van der Waals surface area contributed by atoms with Crippen molar-refractivity contribution in [3.63, 3.8) is 0 Å². The average Bonchev–Trinajstić information content (AvgIpc) is 3.00. The highest BCUT2D eigenvalue weighted by Gasteiger charge is 2.44. The second-order valence-corrected chi connectivity index (χ2v) is 10.4. The number of hydrogen-bond acceptors (Lipinski definition) is 4. The van der Waals surface area contributed by atoms with Gasteiger partial charge in [0.15, 0.2) is 0 Å². The molecule has 4 nitrogen and oxygen atoms in total. The van der Waals surface area contributed by atoms with Gasteiger partial charge in [0, 0.05) is 14.3 Å². The van der Waals surface area contributed by atoms with Crippen LogP contribution in [0, 0.1) is 14.8 Å². The molecule has 3 rings (SSSR count). The average molecular weight is 502 g/mol. The predicted octanol–water partition coefficient (Wildman–Crippen LogP) is 5.25. The highest BCUT2D eigenvalue weighted by molar-refractivity contribution is 14.1. The first-order chi connectivity index (χ1) is 12.6. The number of β-amino-alcohol motifs (C(OH)–C–C–N with tert-alkyl or cyclic N) is 1. The van der Waals surface area contributed by atoms with E-state index in [4.69, 9.17) is 0 Å². The highest BCUT2D eigenvalue weighted by atomic mass is 127. The third-order valence-corrected chi connectivity index (χ3v) is 6.11. The minimum absolute atomic E-state index is 0.134. The zero-order valence-electron chi connectivity index (χ0n) is 15.7. The van der Waals surface area contributed by atoms with E-state index in [1.807, 2.05) is 6.07 Å². The number of likely N-dealkylation sites (tertiary alicyclic amines) is 1. The Labute approximate surface area is 176 Å². The van der Waals surface area contributed by atoms with Crippen molar-refractivity contribution in [1.82, 2.24) is 4.90 Å². The number of benzene rings is 1. The Morgan fingerprint density at radius 3 is 2.67 bits per heavy atom. The molecule has 0 bridgehead atoms. The van der Waals surface area contributed by atoms with Crippen molar-refractivity contribution in [2.45, 2.75) is 39.2 Å². The summed E-state index contributed by atoms with van der Waals surface area (Å²) < 4.78 is 14.9. The van der Waals surface area contributed by atoms with E-state index < -0.39 is 5.60 Å². The van der Waals surface area contributed by atoms with E-state index in [0.29, 0.717) is 36.4 Å². The number of halogens is 2. The zero-order valence-corrected chi connectivity index (χ0v) is 18.7. The molecule has 1 aliphatic rings. The Kier molecular flexibility index (Phi) is 5.84. The van der Waals surface area contributed by atoms with Gasteiger partial charge in [-0.15, -0.1) is 11.3 Å². The van der Waals surface area contributed by atoms with Crippen molar-refractivity contribution in [2.75, 3.05) is 18.4 Å². The van der Waals surface area contributed by atoms with Crippen LogP contribution in [0.5, 0.6) is 0 Å². The number of carbonyl (C=O) groups excluding carboxylic acids is 1. The number of hydrogen-bond donors (Lipinski definition) is 2. The molecule has 0 radical (unpaired) electrons. The van der Waals surface area contributed by atoms with Gasteiger partial charge in [0.1, 0.15) is 5.82 Å². The first-order valence-electron chi connectivity index (χ1n) is 8.86. The zero-order chi connectivity index (χ0) is 19.8. The van der Waals surface area contributed by atoms with Gasteiger partial charge in [0.25, 0.3) is 5.91 Å². The smallest absolute Gasteiger partial charge is 0.257 e. The summed E-state index contributed by atoms with van der Waals surface area (Å²) in [5.74, 6) is -0.489. The topological polar surface area (TPSA) is 52.6 Å². The van der Waals surface area contributed by atoms with E-state index in [-0.39, 0.29) is 17.1 Å². The summed E-state index contributed by atoms with van der Waals surface area (Å²) in [6.45, 7) is 7.12. The lowest BCUT2D eigenvalue weighted by atomic mass is 9.81. The molecule has 0 spiro atoms. The van der Waals surface area contributed by atoms with Gasteiger partial charge in [0.2, 0.25) is 0 Å². The van der Waals surface area contributed by atoms with Gasteiger partial charge in [-0.3, -0.25) is 4.79 Å². The molecule has 2 aromatic rings. The van der Waals surface area contributed by atoms with Crippen LogP contribution in [0.25, 0.3) is 0 Å². The van der Waals surface area contributed by atoms with Crippen LogP contribution in [0.1, 0.15) is 44.0 Å². The number of carbonyl (C=O) groups is 1. The lowest BCUT2D eigenvalue weighted by Gasteiger charge is -2.47. The van der Waals surface area contributed by atoms with Gasteiger partial charge in [-0.25, -0.2) is 4.39 Å². The quantitative estimate of drug-likeness (QED) is 0.550. The first kappa shape index (κ1) is 20.5. The van der Waals surface area contributed by atoms with Gasteiger partial charge in [-0.2, -0.15) is 0 Å². The molecule has 1 aromatic carbocycles. The van der Waals surface area contributed by atoms with Gasteiger partial charge in [-0.1, -0.05) is 20.8 Å². The number of anilines is 2. The van der Waals surface area contributed by atoms with E-state index in [2.05, 4.69) is 48.7 Å². The van der Waals surface area contributed by atoms with E-state index in [1.54, 1.807) is 21.7 Å². The maximum Gasteiger partial charge on any atom is 0.257 e. The maximum absolute atomic E-state index is 14.1. The lowest BCUT2D eigenvalue weighted by Crippen LogP contribution is -2.63. The molecule has 1 aliphatic heterocycles. The summed E-state index contributed by atoms with van der Waals surface area (Å²) in [7, 11) is 0. The number of nitrogens with one attached hydrogen (secondary N) is 1. The summed E-state index contributed by atoms with van der Waals surface area (Å²) in [6, 6.07) is 4.92. The molecule has 0 atom stereocenters. The highest BCUT2D eigenvalue weighted by Crippen LogP contribution is 2.34. The fourth-order valence-corrected chi connectivity index (χ4v) is 4.25. The van der Waals surface area contributed by atoms with Crippen LogP contribution in [0.2, 0.25) is 0 Å². The fourth-order valence-electron chi connectivity index (χ4n) is 3.04. The number of nitrogens with zero attached hydrogens (tertiary/aromatic N) is 1. The molecule has 2 heterocycles. The third-order valence-electron chi connectivity index (χ3n) is 4.69. The Balaban J connectivity index is 1.65. The summed E-state index contributed by atoms with van der Waals surface area (Å²) in [4.78, 5) is 14.5. The van der Waals surface area contributed by atoms with Crippen LogP contribution in [-0.4, -0.2) is 34.6 Å². The van der Waals surface area contributed by atoms with Crippen molar-refractivity contribution in [1.29, 1.82) is 0 Å². The van der Waals surface area contributed by atoms with Crippen LogP contribution < -0.4 is 5.32 Å². The molecule has 0 saturated carbocycles. The van der Waals surface area contributed by atoms with E-state index in [1.165, 1.54) is 17.4 Å². The van der Waals surface area contributed by atoms with Crippen LogP contribution in [0.3, 0.4) is 0 Å². The monoisotopic (exact) mass is 502 g/mol. The van der Waals surface area contributed by atoms with Crippen molar-refractivity contribution < 1.29 is 14.3 Å². The van der Waals surface area contributed by atoms with E-state index >= 15 is 0 Å². The fraction of sp³-hybridized carbons (Fsp3) is 0.450. The number of aliphatic hydroxyl groups is 1. The molecule has 2 N–H and O–H groups in total.